The van der Waals surface area contributed by atoms with E-state index in [1.165, 1.54) is 4.90 Å². The molecular weight excluding hydrogens is 328 g/mol. The van der Waals surface area contributed by atoms with E-state index in [-0.39, 0.29) is 24.1 Å². The lowest BCUT2D eigenvalue weighted by molar-refractivity contribution is -0.131. The summed E-state index contributed by atoms with van der Waals surface area (Å²) >= 11 is 0. The molecular formula is C21H24N2O3. The van der Waals surface area contributed by atoms with Gasteiger partial charge in [-0.25, -0.2) is 0 Å². The van der Waals surface area contributed by atoms with E-state index in [0.717, 1.165) is 0 Å². The van der Waals surface area contributed by atoms with Crippen molar-refractivity contribution >= 4 is 17.6 Å². The monoisotopic (exact) mass is 352 g/mol. The first kappa shape index (κ1) is 19.4. The molecule has 0 aromatic heterocycles. The first-order valence-electron chi connectivity index (χ1n) is 8.71. The van der Waals surface area contributed by atoms with Gasteiger partial charge < -0.3 is 9.80 Å². The summed E-state index contributed by atoms with van der Waals surface area (Å²) in [4.78, 5) is 40.9. The first-order chi connectivity index (χ1) is 12.5. The lowest BCUT2D eigenvalue weighted by Crippen LogP contribution is -2.41. The number of carbonyl (C=O) groups excluding carboxylic acids is 3. The highest BCUT2D eigenvalue weighted by Gasteiger charge is 2.22. The first-order valence-corrected chi connectivity index (χ1v) is 8.71. The molecule has 0 heterocycles. The second-order valence-corrected chi connectivity index (χ2v) is 5.97. The van der Waals surface area contributed by atoms with Crippen LogP contribution in [0.1, 0.15) is 40.1 Å². The van der Waals surface area contributed by atoms with Crippen LogP contribution in [0, 0.1) is 0 Å². The van der Waals surface area contributed by atoms with Crippen molar-refractivity contribution in [1.29, 1.82) is 0 Å². The van der Waals surface area contributed by atoms with Crippen LogP contribution in [0.4, 0.5) is 0 Å². The van der Waals surface area contributed by atoms with E-state index in [1.807, 2.05) is 19.9 Å². The van der Waals surface area contributed by atoms with Crippen molar-refractivity contribution in [2.75, 3.05) is 26.7 Å². The lowest BCUT2D eigenvalue weighted by atomic mass is 9.97. The summed E-state index contributed by atoms with van der Waals surface area (Å²) in [5, 5.41) is 0. The Hall–Kier alpha value is -2.95. The van der Waals surface area contributed by atoms with Gasteiger partial charge in [0.2, 0.25) is 5.91 Å². The van der Waals surface area contributed by atoms with Crippen molar-refractivity contribution in [2.24, 2.45) is 0 Å². The molecule has 0 radical (unpaired) electrons. The Morgan fingerprint density at radius 1 is 0.808 bits per heavy atom. The minimum atomic E-state index is -0.342. The fourth-order valence-corrected chi connectivity index (χ4v) is 2.77. The average Bonchev–Trinajstić information content (AvgIpc) is 2.68. The van der Waals surface area contributed by atoms with Gasteiger partial charge >= 0.3 is 0 Å². The normalized spacial score (nSPS) is 10.3. The van der Waals surface area contributed by atoms with Crippen LogP contribution in [0.5, 0.6) is 0 Å². The van der Waals surface area contributed by atoms with Crippen LogP contribution < -0.4 is 0 Å². The number of nitrogens with zero attached hydrogens (tertiary/aromatic N) is 2. The van der Waals surface area contributed by atoms with Crippen LogP contribution in [0.25, 0.3) is 0 Å². The number of amides is 2. The maximum atomic E-state index is 12.8. The third-order valence-corrected chi connectivity index (χ3v) is 4.27. The number of benzene rings is 2. The third-order valence-electron chi connectivity index (χ3n) is 4.27. The van der Waals surface area contributed by atoms with Crippen LogP contribution in [0.2, 0.25) is 0 Å². The fourth-order valence-electron chi connectivity index (χ4n) is 2.77. The molecule has 0 saturated heterocycles. The summed E-state index contributed by atoms with van der Waals surface area (Å²) in [6.07, 6.45) is 0. The third kappa shape index (κ3) is 4.36. The highest BCUT2D eigenvalue weighted by atomic mass is 16.2. The molecule has 2 aromatic carbocycles. The molecule has 0 atom stereocenters. The zero-order valence-electron chi connectivity index (χ0n) is 15.4. The number of hydrogen-bond donors (Lipinski definition) is 0. The van der Waals surface area contributed by atoms with Crippen LogP contribution in [-0.4, -0.2) is 54.1 Å². The molecule has 0 N–H and O–H groups in total. The molecule has 5 heteroatoms. The van der Waals surface area contributed by atoms with E-state index in [9.17, 15) is 14.4 Å². The topological polar surface area (TPSA) is 57.7 Å². The number of ketones is 1. The molecule has 0 fully saturated rings. The van der Waals surface area contributed by atoms with Gasteiger partial charge in [-0.2, -0.15) is 0 Å². The summed E-state index contributed by atoms with van der Waals surface area (Å²) in [7, 11) is 1.58. The predicted octanol–water partition coefficient (Wildman–Crippen LogP) is 2.86. The number of carbonyl (C=O) groups is 3. The van der Waals surface area contributed by atoms with E-state index < -0.39 is 0 Å². The van der Waals surface area contributed by atoms with Gasteiger partial charge in [-0.15, -0.1) is 0 Å². The van der Waals surface area contributed by atoms with Crippen molar-refractivity contribution in [1.82, 2.24) is 9.80 Å². The second-order valence-electron chi connectivity index (χ2n) is 5.97. The van der Waals surface area contributed by atoms with E-state index in [4.69, 9.17) is 0 Å². The van der Waals surface area contributed by atoms with Gasteiger partial charge in [-0.05, 0) is 19.9 Å². The molecule has 0 saturated carbocycles. The van der Waals surface area contributed by atoms with E-state index in [1.54, 1.807) is 60.5 Å². The summed E-state index contributed by atoms with van der Waals surface area (Å²) < 4.78 is 0. The number of rotatable bonds is 7. The smallest absolute Gasteiger partial charge is 0.254 e. The maximum absolute atomic E-state index is 12.8. The Kier molecular flexibility index (Phi) is 6.67. The largest absolute Gasteiger partial charge is 0.342 e. The van der Waals surface area contributed by atoms with Gasteiger partial charge in [-0.3, -0.25) is 14.4 Å². The molecule has 2 aromatic rings. The zero-order chi connectivity index (χ0) is 19.1. The highest BCUT2D eigenvalue weighted by molar-refractivity contribution is 6.15. The Balaban J connectivity index is 2.24. The second kappa shape index (κ2) is 8.94. The summed E-state index contributed by atoms with van der Waals surface area (Å²) in [5.74, 6) is -0.666. The zero-order valence-corrected chi connectivity index (χ0v) is 15.4. The van der Waals surface area contributed by atoms with Crippen LogP contribution >= 0.6 is 0 Å². The number of hydrogen-bond acceptors (Lipinski definition) is 3. The SMILES string of the molecule is CCN(CC)C(=O)CN(C)C(=O)c1ccccc1C(=O)c1ccccc1. The molecule has 0 aliphatic carbocycles. The van der Waals surface area contributed by atoms with Crippen LogP contribution in [0.3, 0.4) is 0 Å². The summed E-state index contributed by atoms with van der Waals surface area (Å²) in [6.45, 7) is 4.98. The quantitative estimate of drug-likeness (QED) is 0.720. The molecule has 2 amide bonds. The Morgan fingerprint density at radius 3 is 1.92 bits per heavy atom. The Bertz CT molecular complexity index is 783. The molecule has 0 bridgehead atoms. The van der Waals surface area contributed by atoms with E-state index >= 15 is 0 Å². The minimum absolute atomic E-state index is 0.0195. The predicted molar refractivity (Wildman–Crippen MR) is 101 cm³/mol. The van der Waals surface area contributed by atoms with Crippen molar-refractivity contribution in [3.63, 3.8) is 0 Å². The van der Waals surface area contributed by atoms with Gasteiger partial charge in [0.1, 0.15) is 0 Å². The average molecular weight is 352 g/mol. The van der Waals surface area contributed by atoms with Crippen molar-refractivity contribution in [3.05, 3.63) is 71.3 Å². The van der Waals surface area contributed by atoms with Gasteiger partial charge in [0.15, 0.2) is 5.78 Å². The molecule has 2 rings (SSSR count). The Labute approximate surface area is 154 Å². The van der Waals surface area contributed by atoms with Crippen LogP contribution in [0.15, 0.2) is 54.6 Å². The van der Waals surface area contributed by atoms with Gasteiger partial charge in [0, 0.05) is 31.3 Å². The number of likely N-dealkylation sites (N-methyl/N-ethyl adjacent to an activating group) is 2. The van der Waals surface area contributed by atoms with Crippen molar-refractivity contribution in [2.45, 2.75) is 13.8 Å². The minimum Gasteiger partial charge on any atom is -0.342 e. The van der Waals surface area contributed by atoms with E-state index in [2.05, 4.69) is 0 Å². The summed E-state index contributed by atoms with van der Waals surface area (Å²) in [6, 6.07) is 15.6. The molecule has 0 unspecified atom stereocenters. The van der Waals surface area contributed by atoms with Crippen molar-refractivity contribution < 1.29 is 14.4 Å². The van der Waals surface area contributed by atoms with Gasteiger partial charge in [0.05, 0.1) is 12.1 Å². The molecule has 0 spiro atoms. The summed E-state index contributed by atoms with van der Waals surface area (Å²) in [5.41, 5.74) is 1.16. The fraction of sp³-hybridized carbons (Fsp3) is 0.286. The molecule has 0 aliphatic heterocycles. The molecule has 26 heavy (non-hydrogen) atoms. The molecule has 0 aliphatic rings. The van der Waals surface area contributed by atoms with Crippen LogP contribution in [-0.2, 0) is 4.79 Å². The molecule has 5 nitrogen and oxygen atoms in total. The van der Waals surface area contributed by atoms with E-state index in [0.29, 0.717) is 29.8 Å². The highest BCUT2D eigenvalue weighted by Crippen LogP contribution is 2.16. The standard InChI is InChI=1S/C21H24N2O3/c1-4-23(5-2)19(24)15-22(3)21(26)18-14-10-9-13-17(18)20(25)16-11-7-6-8-12-16/h6-14H,4-5,15H2,1-3H3. The van der Waals surface area contributed by atoms with Crippen molar-refractivity contribution in [3.8, 4) is 0 Å². The molecule has 136 valence electrons. The van der Waals surface area contributed by atoms with Gasteiger partial charge in [0.25, 0.3) is 5.91 Å². The maximum Gasteiger partial charge on any atom is 0.254 e. The Morgan fingerprint density at radius 2 is 1.35 bits per heavy atom. The lowest BCUT2D eigenvalue weighted by Gasteiger charge is -2.23. The van der Waals surface area contributed by atoms with Gasteiger partial charge in [-0.1, -0.05) is 48.5 Å².